The monoisotopic (exact) mass is 164 g/mol. The van der Waals surface area contributed by atoms with Gasteiger partial charge >= 0.3 is 0 Å². The largest absolute Gasteiger partial charge is 0.469 e. The van der Waals surface area contributed by atoms with E-state index in [0.29, 0.717) is 5.78 Å². The molecule has 1 aromatic rings. The molecular weight excluding hydrogens is 152 g/mol. The third-order valence-corrected chi connectivity index (χ3v) is 2.46. The number of hydrogen-bond donors (Lipinski definition) is 0. The van der Waals surface area contributed by atoms with E-state index in [1.165, 1.54) is 0 Å². The van der Waals surface area contributed by atoms with Crippen molar-refractivity contribution in [1.29, 1.82) is 0 Å². The summed E-state index contributed by atoms with van der Waals surface area (Å²) in [5, 5.41) is 0. The van der Waals surface area contributed by atoms with Gasteiger partial charge in [0.2, 0.25) is 0 Å². The zero-order valence-electron chi connectivity index (χ0n) is 6.95. The van der Waals surface area contributed by atoms with Crippen LogP contribution in [0.2, 0.25) is 0 Å². The molecule has 0 radical (unpaired) electrons. The van der Waals surface area contributed by atoms with Crippen LogP contribution >= 0.6 is 0 Å². The van der Waals surface area contributed by atoms with Crippen molar-refractivity contribution in [3.63, 3.8) is 0 Å². The average molecular weight is 164 g/mol. The first-order valence-corrected chi connectivity index (χ1v) is 4.41. The van der Waals surface area contributed by atoms with Crippen molar-refractivity contribution in [2.75, 3.05) is 0 Å². The Labute approximate surface area is 71.6 Å². The number of carbonyl (C=O) groups is 1. The van der Waals surface area contributed by atoms with Gasteiger partial charge in [-0.25, -0.2) is 0 Å². The van der Waals surface area contributed by atoms with E-state index in [2.05, 4.69) is 0 Å². The molecule has 1 aromatic heterocycles. The van der Waals surface area contributed by atoms with Gasteiger partial charge in [0, 0.05) is 18.8 Å². The Kier molecular flexibility index (Phi) is 1.98. The molecule has 1 atom stereocenters. The van der Waals surface area contributed by atoms with Crippen molar-refractivity contribution in [2.45, 2.75) is 25.7 Å². The van der Waals surface area contributed by atoms with E-state index in [-0.39, 0.29) is 5.92 Å². The van der Waals surface area contributed by atoms with Crippen LogP contribution in [0.5, 0.6) is 0 Å². The summed E-state index contributed by atoms with van der Waals surface area (Å²) in [6.07, 6.45) is 5.33. The molecule has 0 saturated heterocycles. The number of ketones is 1. The Morgan fingerprint density at radius 2 is 2.50 bits per heavy atom. The average Bonchev–Trinajstić information content (AvgIpc) is 2.65. The van der Waals surface area contributed by atoms with Gasteiger partial charge in [0.1, 0.15) is 11.5 Å². The molecule has 12 heavy (non-hydrogen) atoms. The molecule has 0 bridgehead atoms. The topological polar surface area (TPSA) is 30.2 Å². The third kappa shape index (κ3) is 1.42. The van der Waals surface area contributed by atoms with Gasteiger partial charge in [0.15, 0.2) is 0 Å². The van der Waals surface area contributed by atoms with Crippen molar-refractivity contribution >= 4 is 5.78 Å². The molecule has 0 aromatic carbocycles. The van der Waals surface area contributed by atoms with Crippen LogP contribution in [0.15, 0.2) is 22.8 Å². The minimum atomic E-state index is 0.233. The quantitative estimate of drug-likeness (QED) is 0.670. The molecule has 0 aliphatic heterocycles. The van der Waals surface area contributed by atoms with Gasteiger partial charge in [-0.15, -0.1) is 0 Å². The molecule has 0 amide bonds. The summed E-state index contributed by atoms with van der Waals surface area (Å²) in [5.74, 6) is 1.58. The summed E-state index contributed by atoms with van der Waals surface area (Å²) >= 11 is 0. The Morgan fingerprint density at radius 3 is 3.08 bits per heavy atom. The standard InChI is InChI=1S/C10H12O2/c11-10-5-1-3-8(10)7-9-4-2-6-12-9/h2,4,6,8H,1,3,5,7H2. The second kappa shape index (κ2) is 3.13. The van der Waals surface area contributed by atoms with Crippen molar-refractivity contribution in [3.8, 4) is 0 Å². The maximum absolute atomic E-state index is 11.3. The minimum absolute atomic E-state index is 0.233. The Morgan fingerprint density at radius 1 is 1.58 bits per heavy atom. The van der Waals surface area contributed by atoms with E-state index in [1.807, 2.05) is 12.1 Å². The van der Waals surface area contributed by atoms with Crippen LogP contribution in [-0.4, -0.2) is 5.78 Å². The molecule has 2 nitrogen and oxygen atoms in total. The number of furan rings is 1. The van der Waals surface area contributed by atoms with Gasteiger partial charge in [-0.2, -0.15) is 0 Å². The van der Waals surface area contributed by atoms with Crippen LogP contribution in [0.4, 0.5) is 0 Å². The highest BCUT2D eigenvalue weighted by atomic mass is 16.3. The van der Waals surface area contributed by atoms with E-state index >= 15 is 0 Å². The van der Waals surface area contributed by atoms with Crippen molar-refractivity contribution < 1.29 is 9.21 Å². The lowest BCUT2D eigenvalue weighted by molar-refractivity contribution is -0.120. The normalized spacial score (nSPS) is 23.3. The van der Waals surface area contributed by atoms with Gasteiger partial charge in [0.25, 0.3) is 0 Å². The maximum Gasteiger partial charge on any atom is 0.136 e. The van der Waals surface area contributed by atoms with Crippen molar-refractivity contribution in [1.82, 2.24) is 0 Å². The number of carbonyl (C=O) groups excluding carboxylic acids is 1. The first kappa shape index (κ1) is 7.59. The SMILES string of the molecule is O=C1CCCC1Cc1ccco1. The van der Waals surface area contributed by atoms with Crippen molar-refractivity contribution in [2.24, 2.45) is 5.92 Å². The van der Waals surface area contributed by atoms with Gasteiger partial charge < -0.3 is 4.42 Å². The summed E-state index contributed by atoms with van der Waals surface area (Å²) in [7, 11) is 0. The first-order valence-electron chi connectivity index (χ1n) is 4.41. The van der Waals surface area contributed by atoms with Gasteiger partial charge in [0.05, 0.1) is 6.26 Å². The fraction of sp³-hybridized carbons (Fsp3) is 0.500. The van der Waals surface area contributed by atoms with Crippen molar-refractivity contribution in [3.05, 3.63) is 24.2 Å². The van der Waals surface area contributed by atoms with E-state index in [9.17, 15) is 4.79 Å². The highest BCUT2D eigenvalue weighted by Crippen LogP contribution is 2.24. The van der Waals surface area contributed by atoms with Crippen LogP contribution in [0, 0.1) is 5.92 Å². The number of hydrogen-bond acceptors (Lipinski definition) is 2. The predicted molar refractivity (Wildman–Crippen MR) is 44.8 cm³/mol. The Hall–Kier alpha value is -1.05. The fourth-order valence-corrected chi connectivity index (χ4v) is 1.78. The molecule has 1 heterocycles. The summed E-state index contributed by atoms with van der Waals surface area (Å²) in [6, 6.07) is 3.81. The van der Waals surface area contributed by atoms with E-state index in [0.717, 1.165) is 31.4 Å². The second-order valence-electron chi connectivity index (χ2n) is 3.34. The smallest absolute Gasteiger partial charge is 0.136 e. The lowest BCUT2D eigenvalue weighted by atomic mass is 10.0. The summed E-state index contributed by atoms with van der Waals surface area (Å²) in [4.78, 5) is 11.3. The summed E-state index contributed by atoms with van der Waals surface area (Å²) in [6.45, 7) is 0. The predicted octanol–water partition coefficient (Wildman–Crippen LogP) is 2.19. The zero-order valence-corrected chi connectivity index (χ0v) is 6.95. The van der Waals surface area contributed by atoms with Crippen LogP contribution in [-0.2, 0) is 11.2 Å². The molecule has 1 aliphatic rings. The van der Waals surface area contributed by atoms with Gasteiger partial charge in [-0.1, -0.05) is 0 Å². The lowest BCUT2D eigenvalue weighted by Gasteiger charge is -2.03. The second-order valence-corrected chi connectivity index (χ2v) is 3.34. The molecule has 1 fully saturated rings. The Bertz CT molecular complexity index is 261. The molecule has 1 aliphatic carbocycles. The molecular formula is C10H12O2. The fourth-order valence-electron chi connectivity index (χ4n) is 1.78. The molecule has 1 unspecified atom stereocenters. The van der Waals surface area contributed by atoms with Crippen LogP contribution in [0.25, 0.3) is 0 Å². The van der Waals surface area contributed by atoms with Crippen LogP contribution in [0.1, 0.15) is 25.0 Å². The van der Waals surface area contributed by atoms with E-state index in [1.54, 1.807) is 6.26 Å². The summed E-state index contributed by atoms with van der Waals surface area (Å²) < 4.78 is 5.19. The van der Waals surface area contributed by atoms with Crippen LogP contribution < -0.4 is 0 Å². The lowest BCUT2D eigenvalue weighted by Crippen LogP contribution is -2.08. The van der Waals surface area contributed by atoms with E-state index in [4.69, 9.17) is 4.42 Å². The molecule has 64 valence electrons. The Balaban J connectivity index is 1.99. The molecule has 2 heteroatoms. The molecule has 0 spiro atoms. The number of Topliss-reactive ketones (excluding diaryl/α,β-unsaturated/α-hetero) is 1. The van der Waals surface area contributed by atoms with Gasteiger partial charge in [-0.3, -0.25) is 4.79 Å². The summed E-state index contributed by atoms with van der Waals surface area (Å²) in [5.41, 5.74) is 0. The molecule has 1 saturated carbocycles. The highest BCUT2D eigenvalue weighted by molar-refractivity contribution is 5.83. The van der Waals surface area contributed by atoms with E-state index < -0.39 is 0 Å². The first-order chi connectivity index (χ1) is 5.86. The number of rotatable bonds is 2. The van der Waals surface area contributed by atoms with Gasteiger partial charge in [-0.05, 0) is 25.0 Å². The third-order valence-electron chi connectivity index (χ3n) is 2.46. The maximum atomic E-state index is 11.3. The molecule has 2 rings (SSSR count). The molecule has 0 N–H and O–H groups in total. The van der Waals surface area contributed by atoms with Crippen LogP contribution in [0.3, 0.4) is 0 Å². The zero-order chi connectivity index (χ0) is 8.39. The highest BCUT2D eigenvalue weighted by Gasteiger charge is 2.24. The minimum Gasteiger partial charge on any atom is -0.469 e.